The van der Waals surface area contributed by atoms with E-state index in [9.17, 15) is 33.0 Å². The Bertz CT molecular complexity index is 1820. The van der Waals surface area contributed by atoms with E-state index >= 15 is 0 Å². The standard InChI is InChI=1S/C42H55F3N6O10/c43-42(44,45)61-33-6-4-32(5-7-33)49-37-27-36(47-28-48-37)29-2-1-3-30(24-29)41(55)51-11-9-50(10-12-51)13-15-57-17-19-59-21-23-60-22-20-58-18-16-56-14-8-46-40(54)35-26-31-25-34(35)39(53)38(31)52/h1-7,24,27-28,31,34-35,38-39,52-53H,8-23,25-26H2,(H,46,54)(H,47,48,49)/t31-,34+,35-,38-,39+/m0/s1. The number of nitrogens with one attached hydrogen (secondary N) is 2. The Morgan fingerprint density at radius 3 is 2.02 bits per heavy atom. The van der Waals surface area contributed by atoms with Crippen LogP contribution in [0.3, 0.4) is 0 Å². The number of aliphatic hydroxyl groups is 2. The molecular weight excluding hydrogens is 805 g/mol. The fraction of sp³-hybridized carbons (Fsp3) is 0.571. The van der Waals surface area contributed by atoms with E-state index in [0.29, 0.717) is 121 Å². The molecule has 2 heterocycles. The van der Waals surface area contributed by atoms with Crippen LogP contribution in [0.1, 0.15) is 23.2 Å². The van der Waals surface area contributed by atoms with Crippen molar-refractivity contribution >= 4 is 23.3 Å². The van der Waals surface area contributed by atoms with Crippen molar-refractivity contribution in [2.75, 3.05) is 111 Å². The van der Waals surface area contributed by atoms with Crippen molar-refractivity contribution in [2.24, 2.45) is 17.8 Å². The SMILES string of the molecule is O=C(NCCOCCOCCOCCOCCOCCN1CCN(C(=O)c2cccc(-c3cc(Nc4ccc(OC(F)(F)F)cc4)ncn3)c2)CC1)[C@H]1C[C@@H]2C[C@H]1[C@@H](O)[C@H]2O. The molecule has 3 aromatic rings. The lowest BCUT2D eigenvalue weighted by Gasteiger charge is -2.34. The number of rotatable bonds is 24. The van der Waals surface area contributed by atoms with E-state index in [4.69, 9.17) is 23.7 Å². The van der Waals surface area contributed by atoms with Crippen molar-refractivity contribution in [1.82, 2.24) is 25.1 Å². The van der Waals surface area contributed by atoms with Crippen molar-refractivity contribution in [1.29, 1.82) is 0 Å². The molecule has 2 aliphatic carbocycles. The average Bonchev–Trinajstić information content (AvgIpc) is 3.82. The number of anilines is 2. The van der Waals surface area contributed by atoms with E-state index in [1.54, 1.807) is 24.3 Å². The van der Waals surface area contributed by atoms with Gasteiger partial charge < -0.3 is 54.2 Å². The number of hydrogen-bond acceptors (Lipinski definition) is 14. The Morgan fingerprint density at radius 1 is 0.754 bits per heavy atom. The molecule has 334 valence electrons. The smallest absolute Gasteiger partial charge is 0.406 e. The van der Waals surface area contributed by atoms with Gasteiger partial charge in [0.05, 0.1) is 84.0 Å². The summed E-state index contributed by atoms with van der Waals surface area (Å²) in [6.45, 7) is 8.18. The molecule has 0 radical (unpaired) electrons. The number of fused-ring (bicyclic) bond motifs is 2. The van der Waals surface area contributed by atoms with Crippen molar-refractivity contribution in [3.63, 3.8) is 0 Å². The normalized spacial score (nSPS) is 21.5. The lowest BCUT2D eigenvalue weighted by atomic mass is 9.84. The largest absolute Gasteiger partial charge is 0.573 e. The number of nitrogens with zero attached hydrogens (tertiary/aromatic N) is 4. The number of alkyl halides is 3. The fourth-order valence-electron chi connectivity index (χ4n) is 7.79. The number of amides is 2. The highest BCUT2D eigenvalue weighted by atomic mass is 19.4. The predicted molar refractivity (Wildman–Crippen MR) is 215 cm³/mol. The lowest BCUT2D eigenvalue weighted by Crippen LogP contribution is -2.49. The number of aromatic nitrogens is 2. The molecule has 19 heteroatoms. The van der Waals surface area contributed by atoms with Gasteiger partial charge in [0.1, 0.15) is 17.9 Å². The molecule has 1 aromatic heterocycles. The number of carbonyl (C=O) groups is 2. The van der Waals surface area contributed by atoms with Gasteiger partial charge in [0, 0.05) is 68.1 Å². The average molecular weight is 861 g/mol. The van der Waals surface area contributed by atoms with Gasteiger partial charge in [-0.05, 0) is 61.1 Å². The molecule has 2 bridgehead atoms. The number of halogens is 3. The summed E-state index contributed by atoms with van der Waals surface area (Å²) in [6, 6.07) is 14.2. The Morgan fingerprint density at radius 2 is 1.39 bits per heavy atom. The first-order valence-corrected chi connectivity index (χ1v) is 20.6. The first-order valence-electron chi connectivity index (χ1n) is 20.6. The Labute approximate surface area is 352 Å². The number of benzene rings is 2. The number of piperazine rings is 1. The monoisotopic (exact) mass is 860 g/mol. The van der Waals surface area contributed by atoms with E-state index in [1.807, 2.05) is 11.0 Å². The minimum atomic E-state index is -4.77. The van der Waals surface area contributed by atoms with Crippen molar-refractivity contribution in [3.05, 3.63) is 66.5 Å². The summed E-state index contributed by atoms with van der Waals surface area (Å²) in [5, 5.41) is 25.8. The van der Waals surface area contributed by atoms with Gasteiger partial charge in [0.2, 0.25) is 5.91 Å². The minimum Gasteiger partial charge on any atom is -0.406 e. The summed E-state index contributed by atoms with van der Waals surface area (Å²) in [6.07, 6.45) is -3.57. The van der Waals surface area contributed by atoms with Crippen molar-refractivity contribution in [2.45, 2.75) is 31.4 Å². The van der Waals surface area contributed by atoms with Crippen LogP contribution in [0.25, 0.3) is 11.3 Å². The third-order valence-corrected chi connectivity index (χ3v) is 10.9. The molecule has 0 spiro atoms. The molecule has 61 heavy (non-hydrogen) atoms. The zero-order chi connectivity index (χ0) is 43.0. The lowest BCUT2D eigenvalue weighted by molar-refractivity contribution is -0.274. The number of ether oxygens (including phenoxy) is 6. The molecular formula is C42H55F3N6O10. The van der Waals surface area contributed by atoms with Gasteiger partial charge in [0.25, 0.3) is 5.91 Å². The van der Waals surface area contributed by atoms with Gasteiger partial charge in [-0.25, -0.2) is 9.97 Å². The second-order valence-electron chi connectivity index (χ2n) is 15.0. The van der Waals surface area contributed by atoms with Crippen LogP contribution in [0.15, 0.2) is 60.9 Å². The predicted octanol–water partition coefficient (Wildman–Crippen LogP) is 3.12. The number of aliphatic hydroxyl groups excluding tert-OH is 2. The first-order chi connectivity index (χ1) is 29.5. The zero-order valence-corrected chi connectivity index (χ0v) is 34.0. The molecule has 2 amide bonds. The molecule has 3 aliphatic rings. The summed E-state index contributed by atoms with van der Waals surface area (Å²) < 4.78 is 69.2. The van der Waals surface area contributed by atoms with Gasteiger partial charge >= 0.3 is 6.36 Å². The first kappa shape index (κ1) is 46.0. The van der Waals surface area contributed by atoms with Crippen LogP contribution in [0.4, 0.5) is 24.7 Å². The fourth-order valence-corrected chi connectivity index (χ4v) is 7.79. The highest BCUT2D eigenvalue weighted by Gasteiger charge is 2.53. The third-order valence-electron chi connectivity index (χ3n) is 10.9. The number of carbonyl (C=O) groups excluding carboxylic acids is 2. The molecule has 4 N–H and O–H groups in total. The summed E-state index contributed by atoms with van der Waals surface area (Å²) in [7, 11) is 0. The molecule has 16 nitrogen and oxygen atoms in total. The maximum absolute atomic E-state index is 13.4. The molecule has 1 aliphatic heterocycles. The molecule has 2 aromatic carbocycles. The second kappa shape index (κ2) is 23.1. The Balaban J connectivity index is 0.741. The van der Waals surface area contributed by atoms with Crippen LogP contribution in [-0.4, -0.2) is 166 Å². The minimum absolute atomic E-state index is 0.0163. The maximum atomic E-state index is 13.4. The molecule has 2 saturated carbocycles. The van der Waals surface area contributed by atoms with E-state index in [1.165, 1.54) is 30.6 Å². The van der Waals surface area contributed by atoms with E-state index < -0.39 is 18.6 Å². The van der Waals surface area contributed by atoms with Crippen LogP contribution in [0, 0.1) is 17.8 Å². The van der Waals surface area contributed by atoms with Crippen LogP contribution in [-0.2, 0) is 28.5 Å². The maximum Gasteiger partial charge on any atom is 0.573 e. The molecule has 0 unspecified atom stereocenters. The van der Waals surface area contributed by atoms with Crippen molar-refractivity contribution < 1.29 is 61.4 Å². The third kappa shape index (κ3) is 14.3. The second-order valence-corrected chi connectivity index (χ2v) is 15.0. The van der Waals surface area contributed by atoms with Crippen LogP contribution in [0.5, 0.6) is 5.75 Å². The van der Waals surface area contributed by atoms with E-state index in [-0.39, 0.29) is 35.3 Å². The zero-order valence-electron chi connectivity index (χ0n) is 34.0. The van der Waals surface area contributed by atoms with Gasteiger partial charge in [-0.1, -0.05) is 12.1 Å². The van der Waals surface area contributed by atoms with Crippen LogP contribution >= 0.6 is 0 Å². The Kier molecular flexibility index (Phi) is 17.4. The quantitative estimate of drug-likeness (QED) is 0.0964. The van der Waals surface area contributed by atoms with Crippen LogP contribution < -0.4 is 15.4 Å². The van der Waals surface area contributed by atoms with Gasteiger partial charge in [-0.3, -0.25) is 14.5 Å². The molecule has 1 saturated heterocycles. The highest BCUT2D eigenvalue weighted by molar-refractivity contribution is 5.95. The summed E-state index contributed by atoms with van der Waals surface area (Å²) in [5.74, 6) is -0.429. The van der Waals surface area contributed by atoms with Crippen molar-refractivity contribution in [3.8, 4) is 17.0 Å². The summed E-state index contributed by atoms with van der Waals surface area (Å²) >= 11 is 0. The van der Waals surface area contributed by atoms with Crippen LogP contribution in [0.2, 0.25) is 0 Å². The molecule has 5 atom stereocenters. The molecule has 3 fully saturated rings. The van der Waals surface area contributed by atoms with E-state index in [0.717, 1.165) is 25.2 Å². The summed E-state index contributed by atoms with van der Waals surface area (Å²) in [5.41, 5.74) is 2.34. The highest BCUT2D eigenvalue weighted by Crippen LogP contribution is 2.48. The van der Waals surface area contributed by atoms with Gasteiger partial charge in [0.15, 0.2) is 0 Å². The van der Waals surface area contributed by atoms with Gasteiger partial charge in [-0.2, -0.15) is 0 Å². The number of hydrogen-bond donors (Lipinski definition) is 4. The summed E-state index contributed by atoms with van der Waals surface area (Å²) in [4.78, 5) is 38.5. The Hall–Kier alpha value is -4.47. The van der Waals surface area contributed by atoms with E-state index in [2.05, 4.69) is 30.2 Å². The van der Waals surface area contributed by atoms with Gasteiger partial charge in [-0.15, -0.1) is 13.2 Å². The topological polar surface area (TPSA) is 186 Å². The molecule has 6 rings (SSSR count).